The fraction of sp³-hybridized carbons (Fsp3) is 0.333. The molecule has 0 bridgehead atoms. The fourth-order valence-corrected chi connectivity index (χ4v) is 1.17. The van der Waals surface area contributed by atoms with Crippen LogP contribution in [-0.2, 0) is 4.74 Å². The van der Waals surface area contributed by atoms with Crippen LogP contribution in [0.1, 0.15) is 11.6 Å². The van der Waals surface area contributed by atoms with Crippen molar-refractivity contribution >= 4 is 5.69 Å². The van der Waals surface area contributed by atoms with Crippen LogP contribution in [0.5, 0.6) is 0 Å². The Hall–Kier alpha value is -1.20. The number of benzene rings is 1. The molecular formula is C9H12F2N2O. The van der Waals surface area contributed by atoms with Gasteiger partial charge in [0.05, 0.1) is 12.6 Å². The summed E-state index contributed by atoms with van der Waals surface area (Å²) >= 11 is 0. The molecule has 78 valence electrons. The van der Waals surface area contributed by atoms with E-state index < -0.39 is 17.7 Å². The second-order valence-electron chi connectivity index (χ2n) is 2.96. The van der Waals surface area contributed by atoms with Crippen molar-refractivity contribution in [2.45, 2.75) is 6.04 Å². The van der Waals surface area contributed by atoms with Gasteiger partial charge in [0.1, 0.15) is 0 Å². The van der Waals surface area contributed by atoms with E-state index in [4.69, 9.17) is 16.2 Å². The summed E-state index contributed by atoms with van der Waals surface area (Å²) in [7, 11) is 1.47. The third-order valence-corrected chi connectivity index (χ3v) is 1.87. The monoisotopic (exact) mass is 202 g/mol. The van der Waals surface area contributed by atoms with Gasteiger partial charge in [-0.15, -0.1) is 0 Å². The van der Waals surface area contributed by atoms with E-state index in [2.05, 4.69) is 0 Å². The van der Waals surface area contributed by atoms with Crippen molar-refractivity contribution in [3.8, 4) is 0 Å². The van der Waals surface area contributed by atoms with Crippen molar-refractivity contribution in [3.63, 3.8) is 0 Å². The molecule has 0 radical (unpaired) electrons. The maximum Gasteiger partial charge on any atom is 0.160 e. The molecule has 1 atom stereocenters. The standard InChI is InChI=1S/C9H12F2N2O/c1-14-4-9(13)5-2-6(10)7(11)3-8(5)12/h2-3,9H,4,12-13H2,1H3/t9-/m0/s1. The van der Waals surface area contributed by atoms with E-state index in [9.17, 15) is 8.78 Å². The van der Waals surface area contributed by atoms with E-state index >= 15 is 0 Å². The zero-order chi connectivity index (χ0) is 10.7. The summed E-state index contributed by atoms with van der Waals surface area (Å²) < 4.78 is 30.3. The Morgan fingerprint density at radius 1 is 1.36 bits per heavy atom. The van der Waals surface area contributed by atoms with Crippen molar-refractivity contribution < 1.29 is 13.5 Å². The molecular weight excluding hydrogens is 190 g/mol. The Balaban J connectivity index is 3.02. The lowest BCUT2D eigenvalue weighted by atomic mass is 10.1. The Kier molecular flexibility index (Phi) is 3.38. The maximum absolute atomic E-state index is 12.8. The van der Waals surface area contributed by atoms with Crippen LogP contribution in [0.4, 0.5) is 14.5 Å². The highest BCUT2D eigenvalue weighted by atomic mass is 19.2. The van der Waals surface area contributed by atoms with Gasteiger partial charge in [-0.25, -0.2) is 8.78 Å². The van der Waals surface area contributed by atoms with Crippen LogP contribution >= 0.6 is 0 Å². The van der Waals surface area contributed by atoms with Gasteiger partial charge < -0.3 is 16.2 Å². The minimum Gasteiger partial charge on any atom is -0.398 e. The second kappa shape index (κ2) is 4.34. The number of rotatable bonds is 3. The van der Waals surface area contributed by atoms with E-state index in [0.29, 0.717) is 5.56 Å². The highest BCUT2D eigenvalue weighted by Crippen LogP contribution is 2.22. The first kappa shape index (κ1) is 10.9. The summed E-state index contributed by atoms with van der Waals surface area (Å²) in [6, 6.07) is 1.37. The first-order valence-corrected chi connectivity index (χ1v) is 4.05. The predicted molar refractivity (Wildman–Crippen MR) is 49.6 cm³/mol. The minimum absolute atomic E-state index is 0.133. The van der Waals surface area contributed by atoms with E-state index in [1.165, 1.54) is 7.11 Å². The number of methoxy groups -OCH3 is 1. The smallest absolute Gasteiger partial charge is 0.160 e. The molecule has 0 fully saturated rings. The average molecular weight is 202 g/mol. The lowest BCUT2D eigenvalue weighted by Crippen LogP contribution is -2.18. The normalized spacial score (nSPS) is 12.9. The maximum atomic E-state index is 12.8. The lowest BCUT2D eigenvalue weighted by Gasteiger charge is -2.13. The summed E-state index contributed by atoms with van der Waals surface area (Å²) in [6.45, 7) is 0.204. The van der Waals surface area contributed by atoms with Gasteiger partial charge in [-0.1, -0.05) is 0 Å². The molecule has 0 aliphatic heterocycles. The Morgan fingerprint density at radius 2 is 1.93 bits per heavy atom. The number of hydrogen-bond acceptors (Lipinski definition) is 3. The molecule has 3 nitrogen and oxygen atoms in total. The highest BCUT2D eigenvalue weighted by molar-refractivity contribution is 5.49. The molecule has 1 aromatic carbocycles. The Bertz CT molecular complexity index is 331. The van der Waals surface area contributed by atoms with E-state index in [1.807, 2.05) is 0 Å². The van der Waals surface area contributed by atoms with Crippen LogP contribution in [0.15, 0.2) is 12.1 Å². The third kappa shape index (κ3) is 2.18. The molecule has 0 aliphatic carbocycles. The Labute approximate surface area is 80.7 Å². The van der Waals surface area contributed by atoms with E-state index in [1.54, 1.807) is 0 Å². The minimum atomic E-state index is -0.976. The summed E-state index contributed by atoms with van der Waals surface area (Å²) in [5.41, 5.74) is 11.6. The molecule has 0 spiro atoms. The number of hydrogen-bond donors (Lipinski definition) is 2. The van der Waals surface area contributed by atoms with Gasteiger partial charge in [0, 0.05) is 18.9 Å². The topological polar surface area (TPSA) is 61.3 Å². The highest BCUT2D eigenvalue weighted by Gasteiger charge is 2.13. The number of nitrogens with two attached hydrogens (primary N) is 2. The van der Waals surface area contributed by atoms with Gasteiger partial charge in [-0.2, -0.15) is 0 Å². The number of ether oxygens (including phenoxy) is 1. The summed E-state index contributed by atoms with van der Waals surface area (Å²) in [6.07, 6.45) is 0. The van der Waals surface area contributed by atoms with Gasteiger partial charge in [-0.05, 0) is 11.6 Å². The lowest BCUT2D eigenvalue weighted by molar-refractivity contribution is 0.181. The van der Waals surface area contributed by atoms with Gasteiger partial charge in [0.25, 0.3) is 0 Å². The molecule has 0 heterocycles. The van der Waals surface area contributed by atoms with Crippen LogP contribution in [0.25, 0.3) is 0 Å². The van der Waals surface area contributed by atoms with Crippen LogP contribution in [-0.4, -0.2) is 13.7 Å². The van der Waals surface area contributed by atoms with Crippen LogP contribution in [0.2, 0.25) is 0 Å². The van der Waals surface area contributed by atoms with Gasteiger partial charge in [0.2, 0.25) is 0 Å². The van der Waals surface area contributed by atoms with Gasteiger partial charge in [0.15, 0.2) is 11.6 Å². The molecule has 14 heavy (non-hydrogen) atoms. The molecule has 5 heteroatoms. The van der Waals surface area contributed by atoms with E-state index in [0.717, 1.165) is 12.1 Å². The molecule has 0 aliphatic rings. The molecule has 0 unspecified atom stereocenters. The fourth-order valence-electron chi connectivity index (χ4n) is 1.17. The quantitative estimate of drug-likeness (QED) is 0.724. The number of halogens is 2. The number of anilines is 1. The van der Waals surface area contributed by atoms with Crippen molar-refractivity contribution in [2.75, 3.05) is 19.5 Å². The molecule has 4 N–H and O–H groups in total. The second-order valence-corrected chi connectivity index (χ2v) is 2.96. The zero-order valence-corrected chi connectivity index (χ0v) is 7.76. The number of nitrogen functional groups attached to an aromatic ring is 1. The molecule has 0 amide bonds. The average Bonchev–Trinajstić information content (AvgIpc) is 2.11. The van der Waals surface area contributed by atoms with Crippen molar-refractivity contribution in [2.24, 2.45) is 5.73 Å². The molecule has 0 saturated heterocycles. The van der Waals surface area contributed by atoms with Gasteiger partial charge in [-0.3, -0.25) is 0 Å². The first-order chi connectivity index (χ1) is 6.56. The van der Waals surface area contributed by atoms with Crippen LogP contribution < -0.4 is 11.5 Å². The molecule has 1 aromatic rings. The molecule has 0 saturated carbocycles. The van der Waals surface area contributed by atoms with Crippen molar-refractivity contribution in [1.82, 2.24) is 0 Å². The largest absolute Gasteiger partial charge is 0.398 e. The third-order valence-electron chi connectivity index (χ3n) is 1.87. The SMILES string of the molecule is COC[C@H](N)c1cc(F)c(F)cc1N. The van der Waals surface area contributed by atoms with E-state index in [-0.39, 0.29) is 12.3 Å². The first-order valence-electron chi connectivity index (χ1n) is 4.05. The predicted octanol–water partition coefficient (Wildman–Crippen LogP) is 1.19. The van der Waals surface area contributed by atoms with Crippen LogP contribution in [0.3, 0.4) is 0 Å². The molecule has 1 rings (SSSR count). The summed E-state index contributed by atoms with van der Waals surface area (Å²) in [4.78, 5) is 0. The Morgan fingerprint density at radius 3 is 2.50 bits per heavy atom. The zero-order valence-electron chi connectivity index (χ0n) is 7.76. The van der Waals surface area contributed by atoms with Crippen molar-refractivity contribution in [1.29, 1.82) is 0 Å². The summed E-state index contributed by atoms with van der Waals surface area (Å²) in [5, 5.41) is 0. The van der Waals surface area contributed by atoms with Crippen LogP contribution in [0, 0.1) is 11.6 Å². The van der Waals surface area contributed by atoms with Gasteiger partial charge >= 0.3 is 0 Å². The van der Waals surface area contributed by atoms with Crippen molar-refractivity contribution in [3.05, 3.63) is 29.3 Å². The summed E-state index contributed by atoms with van der Waals surface area (Å²) in [5.74, 6) is -1.93. The molecule has 0 aromatic heterocycles.